The molecule has 0 saturated carbocycles. The monoisotopic (exact) mass is 532 g/mol. The van der Waals surface area contributed by atoms with E-state index in [1.54, 1.807) is 41.3 Å². The lowest BCUT2D eigenvalue weighted by Gasteiger charge is -2.28. The van der Waals surface area contributed by atoms with Crippen molar-refractivity contribution in [2.75, 3.05) is 26.8 Å². The van der Waals surface area contributed by atoms with Crippen LogP contribution in [0.15, 0.2) is 88.3 Å². The summed E-state index contributed by atoms with van der Waals surface area (Å²) in [6.45, 7) is 2.42. The quantitative estimate of drug-likeness (QED) is 0.285. The third kappa shape index (κ3) is 6.49. The fourth-order valence-electron chi connectivity index (χ4n) is 4.16. The van der Waals surface area contributed by atoms with Gasteiger partial charge < -0.3 is 19.0 Å². The van der Waals surface area contributed by atoms with E-state index in [4.69, 9.17) is 20.8 Å². The zero-order valence-corrected chi connectivity index (χ0v) is 22.1. The third-order valence-electron chi connectivity index (χ3n) is 6.21. The van der Waals surface area contributed by atoms with Crippen LogP contribution in [0, 0.1) is 6.92 Å². The van der Waals surface area contributed by atoms with Crippen molar-refractivity contribution in [1.29, 1.82) is 0 Å². The van der Waals surface area contributed by atoms with Crippen molar-refractivity contribution in [3.63, 3.8) is 0 Å². The second kappa shape index (κ2) is 12.5. The van der Waals surface area contributed by atoms with Crippen LogP contribution in [-0.4, -0.2) is 48.4 Å². The number of hydrogen-bond acceptors (Lipinski definition) is 5. The molecular formula is C30H29ClN2O5. The molecule has 0 aliphatic carbocycles. The number of rotatable bonds is 10. The number of carbonyl (C=O) groups excluding carboxylic acids is 2. The highest BCUT2D eigenvalue weighted by Gasteiger charge is 2.25. The van der Waals surface area contributed by atoms with Crippen LogP contribution < -0.4 is 5.43 Å². The summed E-state index contributed by atoms with van der Waals surface area (Å²) in [4.78, 5) is 43.3. The highest BCUT2D eigenvalue weighted by Crippen LogP contribution is 2.19. The van der Waals surface area contributed by atoms with E-state index in [0.717, 1.165) is 11.1 Å². The number of ether oxygens (including phenoxy) is 1. The van der Waals surface area contributed by atoms with Crippen molar-refractivity contribution in [1.82, 2.24) is 9.80 Å². The first-order valence-electron chi connectivity index (χ1n) is 12.2. The van der Waals surface area contributed by atoms with Crippen molar-refractivity contribution in [2.45, 2.75) is 20.0 Å². The molecule has 8 heteroatoms. The molecule has 38 heavy (non-hydrogen) atoms. The minimum Gasteiger partial charge on any atom is -0.464 e. The van der Waals surface area contributed by atoms with Crippen LogP contribution >= 0.6 is 11.6 Å². The largest absolute Gasteiger partial charge is 0.464 e. The van der Waals surface area contributed by atoms with E-state index in [1.165, 1.54) is 18.3 Å². The first-order chi connectivity index (χ1) is 18.4. The topological polar surface area (TPSA) is 80.1 Å². The van der Waals surface area contributed by atoms with Crippen molar-refractivity contribution in [3.8, 4) is 0 Å². The van der Waals surface area contributed by atoms with Gasteiger partial charge in [-0.15, -0.1) is 0 Å². The smallest absolute Gasteiger partial charge is 0.255 e. The van der Waals surface area contributed by atoms with Crippen LogP contribution in [0.25, 0.3) is 11.0 Å². The lowest BCUT2D eigenvalue weighted by Crippen LogP contribution is -2.44. The molecule has 4 rings (SSSR count). The lowest BCUT2D eigenvalue weighted by molar-refractivity contribution is -0.133. The van der Waals surface area contributed by atoms with Gasteiger partial charge in [0.25, 0.3) is 5.91 Å². The van der Waals surface area contributed by atoms with Gasteiger partial charge in [0.2, 0.25) is 5.91 Å². The standard InChI is InChI=1S/C30H29ClN2O5/c1-21-12-13-27-25(16-21)29(35)23(20-38-27)18-33(17-22-8-4-3-5-9-22)28(34)19-32(14-15-37-2)30(36)24-10-6-7-11-26(24)31/h3-13,16,20H,14-15,17-19H2,1-2H3. The molecule has 0 saturated heterocycles. The Hall–Kier alpha value is -3.94. The van der Waals surface area contributed by atoms with Crippen molar-refractivity contribution < 1.29 is 18.7 Å². The number of hydrogen-bond donors (Lipinski definition) is 0. The van der Waals surface area contributed by atoms with Crippen LogP contribution in [0.2, 0.25) is 5.02 Å². The Kier molecular flexibility index (Phi) is 8.94. The summed E-state index contributed by atoms with van der Waals surface area (Å²) in [5.74, 6) is -0.699. The first-order valence-corrected chi connectivity index (χ1v) is 12.6. The number of aryl methyl sites for hydroxylation is 1. The van der Waals surface area contributed by atoms with Crippen LogP contribution in [-0.2, 0) is 22.6 Å². The van der Waals surface area contributed by atoms with Gasteiger partial charge in [-0.05, 0) is 36.8 Å². The SMILES string of the molecule is COCCN(CC(=O)N(Cc1ccccc1)Cc1coc2ccc(C)cc2c1=O)C(=O)c1ccccc1Cl. The Labute approximate surface area is 226 Å². The second-order valence-corrected chi connectivity index (χ2v) is 9.43. The van der Waals surface area contributed by atoms with Gasteiger partial charge in [-0.3, -0.25) is 14.4 Å². The van der Waals surface area contributed by atoms with Crippen molar-refractivity contribution in [3.05, 3.63) is 117 Å². The molecule has 1 heterocycles. The number of methoxy groups -OCH3 is 1. The minimum atomic E-state index is -0.374. The van der Waals surface area contributed by atoms with Crippen molar-refractivity contribution >= 4 is 34.4 Å². The van der Waals surface area contributed by atoms with Crippen LogP contribution in [0.5, 0.6) is 0 Å². The van der Waals surface area contributed by atoms with Crippen LogP contribution in [0.1, 0.15) is 27.0 Å². The molecule has 0 spiro atoms. The molecule has 7 nitrogen and oxygen atoms in total. The molecule has 3 aromatic carbocycles. The number of benzene rings is 3. The van der Waals surface area contributed by atoms with Gasteiger partial charge in [0, 0.05) is 20.2 Å². The molecule has 0 unspecified atom stereocenters. The zero-order valence-electron chi connectivity index (χ0n) is 21.4. The van der Waals surface area contributed by atoms with Gasteiger partial charge in [0.15, 0.2) is 5.43 Å². The first kappa shape index (κ1) is 27.1. The maximum absolute atomic E-state index is 13.7. The van der Waals surface area contributed by atoms with Crippen LogP contribution in [0.4, 0.5) is 0 Å². The molecule has 0 aliphatic rings. The van der Waals surface area contributed by atoms with Gasteiger partial charge in [-0.2, -0.15) is 0 Å². The molecular weight excluding hydrogens is 504 g/mol. The van der Waals surface area contributed by atoms with E-state index in [9.17, 15) is 14.4 Å². The molecule has 196 valence electrons. The molecule has 0 bridgehead atoms. The summed E-state index contributed by atoms with van der Waals surface area (Å²) in [5.41, 5.74) is 2.78. The molecule has 4 aromatic rings. The molecule has 0 aliphatic heterocycles. The Morgan fingerprint density at radius 2 is 1.68 bits per heavy atom. The van der Waals surface area contributed by atoms with Gasteiger partial charge in [0.1, 0.15) is 12.1 Å². The molecule has 2 amide bonds. The van der Waals surface area contributed by atoms with Crippen molar-refractivity contribution in [2.24, 2.45) is 0 Å². The number of carbonyl (C=O) groups is 2. The fraction of sp³-hybridized carbons (Fsp3) is 0.233. The number of halogens is 1. The highest BCUT2D eigenvalue weighted by atomic mass is 35.5. The second-order valence-electron chi connectivity index (χ2n) is 9.02. The van der Waals surface area contributed by atoms with Gasteiger partial charge in [-0.1, -0.05) is 65.7 Å². The molecule has 0 atom stereocenters. The summed E-state index contributed by atoms with van der Waals surface area (Å²) in [6, 6.07) is 21.6. The van der Waals surface area contributed by atoms with E-state index in [2.05, 4.69) is 0 Å². The lowest BCUT2D eigenvalue weighted by atomic mass is 10.1. The minimum absolute atomic E-state index is 0.0261. The number of nitrogens with zero attached hydrogens (tertiary/aromatic N) is 2. The van der Waals surface area contributed by atoms with E-state index in [0.29, 0.717) is 27.1 Å². The predicted octanol–water partition coefficient (Wildman–Crippen LogP) is 5.07. The molecule has 0 N–H and O–H groups in total. The van der Waals surface area contributed by atoms with E-state index < -0.39 is 0 Å². The Morgan fingerprint density at radius 3 is 2.42 bits per heavy atom. The summed E-state index contributed by atoms with van der Waals surface area (Å²) in [7, 11) is 1.53. The highest BCUT2D eigenvalue weighted by molar-refractivity contribution is 6.33. The van der Waals surface area contributed by atoms with E-state index in [1.807, 2.05) is 43.3 Å². The molecule has 0 radical (unpaired) electrons. The zero-order chi connectivity index (χ0) is 27.1. The predicted molar refractivity (Wildman–Crippen MR) is 147 cm³/mol. The van der Waals surface area contributed by atoms with E-state index in [-0.39, 0.29) is 50.0 Å². The Morgan fingerprint density at radius 1 is 0.947 bits per heavy atom. The number of amides is 2. The third-order valence-corrected chi connectivity index (χ3v) is 6.54. The average molecular weight is 533 g/mol. The molecule has 0 fully saturated rings. The molecule has 1 aromatic heterocycles. The Balaban J connectivity index is 1.64. The van der Waals surface area contributed by atoms with E-state index >= 15 is 0 Å². The summed E-state index contributed by atoms with van der Waals surface area (Å²) >= 11 is 6.27. The summed E-state index contributed by atoms with van der Waals surface area (Å²) in [5, 5.41) is 0.766. The van der Waals surface area contributed by atoms with Gasteiger partial charge in [-0.25, -0.2) is 0 Å². The summed E-state index contributed by atoms with van der Waals surface area (Å²) in [6.07, 6.45) is 1.41. The van der Waals surface area contributed by atoms with Crippen LogP contribution in [0.3, 0.4) is 0 Å². The van der Waals surface area contributed by atoms with Gasteiger partial charge in [0.05, 0.1) is 41.0 Å². The normalized spacial score (nSPS) is 10.9. The average Bonchev–Trinajstić information content (AvgIpc) is 2.92. The van der Waals surface area contributed by atoms with Gasteiger partial charge >= 0.3 is 0 Å². The number of fused-ring (bicyclic) bond motifs is 1. The maximum atomic E-state index is 13.7. The fourth-order valence-corrected chi connectivity index (χ4v) is 4.37. The summed E-state index contributed by atoms with van der Waals surface area (Å²) < 4.78 is 10.9. The maximum Gasteiger partial charge on any atom is 0.255 e. The Bertz CT molecular complexity index is 1490.